The fourth-order valence-corrected chi connectivity index (χ4v) is 6.55. The van der Waals surface area contributed by atoms with Gasteiger partial charge in [-0.1, -0.05) is 54.6 Å². The molecule has 1 aromatic heterocycles. The van der Waals surface area contributed by atoms with Crippen LogP contribution in [0, 0.1) is 11.8 Å². The highest BCUT2D eigenvalue weighted by Gasteiger charge is 2.69. The number of imide groups is 1. The van der Waals surface area contributed by atoms with Crippen molar-refractivity contribution in [2.75, 3.05) is 0 Å². The highest BCUT2D eigenvalue weighted by molar-refractivity contribution is 6.11. The third kappa shape index (κ3) is 3.64. The molecule has 0 saturated carbocycles. The number of likely N-dealkylation sites (tertiary alicyclic amines) is 1. The second-order valence-corrected chi connectivity index (χ2v) is 10.3. The van der Waals surface area contributed by atoms with E-state index in [4.69, 9.17) is 0 Å². The second-order valence-electron chi connectivity index (χ2n) is 10.3. The zero-order valence-electron chi connectivity index (χ0n) is 21.2. The van der Waals surface area contributed by atoms with Gasteiger partial charge in [-0.05, 0) is 36.2 Å². The first-order valence-corrected chi connectivity index (χ1v) is 12.9. The summed E-state index contributed by atoms with van der Waals surface area (Å²) in [5.74, 6) is -6.43. The van der Waals surface area contributed by atoms with Crippen molar-refractivity contribution in [1.29, 1.82) is 0 Å². The maximum Gasteiger partial charge on any atom is 0.325 e. The van der Waals surface area contributed by atoms with Crippen LogP contribution >= 0.6 is 0 Å². The summed E-state index contributed by atoms with van der Waals surface area (Å²) in [5.41, 5.74) is 1.26. The number of hydrogen-bond acceptors (Lipinski definition) is 5. The van der Waals surface area contributed by atoms with Gasteiger partial charge >= 0.3 is 11.9 Å². The first-order valence-electron chi connectivity index (χ1n) is 12.9. The number of para-hydroxylation sites is 1. The lowest BCUT2D eigenvalue weighted by atomic mass is 9.77. The number of carboxylic acids is 2. The number of amides is 2. The van der Waals surface area contributed by atoms with Gasteiger partial charge in [0, 0.05) is 34.4 Å². The van der Waals surface area contributed by atoms with Crippen molar-refractivity contribution in [2.45, 2.75) is 38.0 Å². The highest BCUT2D eigenvalue weighted by atomic mass is 16.4. The summed E-state index contributed by atoms with van der Waals surface area (Å²) >= 11 is 0. The van der Waals surface area contributed by atoms with Crippen molar-refractivity contribution in [3.8, 4) is 0 Å². The Morgan fingerprint density at radius 2 is 1.59 bits per heavy atom. The average Bonchev–Trinajstić information content (AvgIpc) is 3.52. The standard InChI is InChI=1S/C30H27N3O6/c1-2-32-21-11-7-6-10-19(21)20-14-18(12-13-22(20)32)26-24-25(30(31-26,29(38)39)15-23(34)35)28(37)33(27(24)36)16-17-8-4-3-5-9-17/h3-14,24-26,31H,2,15-16H2,1H3,(H,34,35)(H,38,39). The molecule has 6 rings (SSSR count). The quantitative estimate of drug-likeness (QED) is 0.315. The van der Waals surface area contributed by atoms with Crippen LogP contribution in [0.15, 0.2) is 72.8 Å². The van der Waals surface area contributed by atoms with Gasteiger partial charge < -0.3 is 14.8 Å². The Balaban J connectivity index is 1.50. The number of hydrogen-bond donors (Lipinski definition) is 3. The van der Waals surface area contributed by atoms with E-state index in [1.165, 1.54) is 0 Å². The topological polar surface area (TPSA) is 129 Å². The summed E-state index contributed by atoms with van der Waals surface area (Å²) in [6, 6.07) is 21.7. The van der Waals surface area contributed by atoms with Crippen LogP contribution in [0.5, 0.6) is 0 Å². The fourth-order valence-electron chi connectivity index (χ4n) is 6.55. The van der Waals surface area contributed by atoms with Crippen molar-refractivity contribution in [2.24, 2.45) is 11.8 Å². The maximum atomic E-state index is 13.8. The van der Waals surface area contributed by atoms with Gasteiger partial charge in [0.15, 0.2) is 0 Å². The van der Waals surface area contributed by atoms with Crippen molar-refractivity contribution < 1.29 is 29.4 Å². The van der Waals surface area contributed by atoms with Gasteiger partial charge in [-0.15, -0.1) is 0 Å². The minimum absolute atomic E-state index is 0.00990. The molecule has 3 heterocycles. The molecule has 9 heteroatoms. The van der Waals surface area contributed by atoms with E-state index in [9.17, 15) is 29.4 Å². The smallest absolute Gasteiger partial charge is 0.325 e. The van der Waals surface area contributed by atoms with Gasteiger partial charge in [0.25, 0.3) is 0 Å². The summed E-state index contributed by atoms with van der Waals surface area (Å²) in [5, 5.41) is 25.0. The lowest BCUT2D eigenvalue weighted by Crippen LogP contribution is -2.56. The molecule has 2 fully saturated rings. The molecule has 2 aliphatic heterocycles. The van der Waals surface area contributed by atoms with Crippen LogP contribution in [-0.4, -0.2) is 49.0 Å². The molecular weight excluding hydrogens is 498 g/mol. The minimum Gasteiger partial charge on any atom is -0.481 e. The number of aromatic nitrogens is 1. The molecule has 4 aromatic rings. The Hall–Kier alpha value is -4.50. The zero-order valence-corrected chi connectivity index (χ0v) is 21.2. The first kappa shape index (κ1) is 24.8. The van der Waals surface area contributed by atoms with E-state index < -0.39 is 53.6 Å². The van der Waals surface area contributed by atoms with Crippen molar-refractivity contribution >= 4 is 45.6 Å². The van der Waals surface area contributed by atoms with Crippen molar-refractivity contribution in [3.05, 3.63) is 83.9 Å². The summed E-state index contributed by atoms with van der Waals surface area (Å²) < 4.78 is 2.18. The minimum atomic E-state index is -2.13. The van der Waals surface area contributed by atoms with E-state index in [0.717, 1.165) is 38.8 Å². The molecule has 0 bridgehead atoms. The zero-order chi connectivity index (χ0) is 27.5. The van der Waals surface area contributed by atoms with Crippen LogP contribution in [-0.2, 0) is 32.3 Å². The van der Waals surface area contributed by atoms with Gasteiger partial charge in [-0.2, -0.15) is 0 Å². The number of aliphatic carboxylic acids is 2. The Morgan fingerprint density at radius 3 is 2.28 bits per heavy atom. The average molecular weight is 526 g/mol. The molecule has 3 N–H and O–H groups in total. The van der Waals surface area contributed by atoms with Crippen molar-refractivity contribution in [1.82, 2.24) is 14.8 Å². The summed E-state index contributed by atoms with van der Waals surface area (Å²) in [6.07, 6.45) is -0.838. The highest BCUT2D eigenvalue weighted by Crippen LogP contribution is 2.51. The number of carboxylic acid groups (broad SMARTS) is 2. The van der Waals surface area contributed by atoms with Crippen molar-refractivity contribution in [3.63, 3.8) is 0 Å². The molecule has 0 radical (unpaired) electrons. The number of fused-ring (bicyclic) bond motifs is 4. The molecule has 198 valence electrons. The summed E-state index contributed by atoms with van der Waals surface area (Å²) in [4.78, 5) is 53.2. The number of nitrogens with one attached hydrogen (secondary N) is 1. The van der Waals surface area contributed by atoms with Crippen LogP contribution in [0.25, 0.3) is 21.8 Å². The van der Waals surface area contributed by atoms with Gasteiger partial charge in [0.05, 0.1) is 24.8 Å². The Kier molecular flexibility index (Phi) is 5.76. The van der Waals surface area contributed by atoms with E-state index in [2.05, 4.69) is 16.8 Å². The molecule has 39 heavy (non-hydrogen) atoms. The number of carbonyl (C=O) groups is 4. The molecule has 0 spiro atoms. The van der Waals surface area contributed by atoms with Gasteiger partial charge in [-0.3, -0.25) is 29.4 Å². The van der Waals surface area contributed by atoms with E-state index in [-0.39, 0.29) is 6.54 Å². The van der Waals surface area contributed by atoms with Crippen LogP contribution in [0.2, 0.25) is 0 Å². The van der Waals surface area contributed by atoms with Crippen LogP contribution < -0.4 is 5.32 Å². The third-order valence-electron chi connectivity index (χ3n) is 8.21. The SMILES string of the molecule is CCn1c2ccccc2c2cc(C3NC(CC(=O)O)(C(=O)O)C4C(=O)N(Cc5ccccc5)C(=O)C34)ccc21. The monoisotopic (exact) mass is 525 g/mol. The molecule has 2 saturated heterocycles. The molecule has 3 aromatic carbocycles. The Bertz CT molecular complexity index is 1660. The summed E-state index contributed by atoms with van der Waals surface area (Å²) in [6.45, 7) is 2.79. The number of nitrogens with zero attached hydrogens (tertiary/aromatic N) is 2. The Morgan fingerprint density at radius 1 is 0.897 bits per heavy atom. The summed E-state index contributed by atoms with van der Waals surface area (Å²) in [7, 11) is 0. The number of benzene rings is 3. The molecule has 2 aliphatic rings. The number of carbonyl (C=O) groups excluding carboxylic acids is 2. The molecule has 4 unspecified atom stereocenters. The van der Waals surface area contributed by atoms with E-state index in [1.807, 2.05) is 48.5 Å². The lowest BCUT2D eigenvalue weighted by Gasteiger charge is -2.29. The predicted octanol–water partition coefficient (Wildman–Crippen LogP) is 3.56. The maximum absolute atomic E-state index is 13.8. The van der Waals surface area contributed by atoms with Gasteiger partial charge in [-0.25, -0.2) is 0 Å². The van der Waals surface area contributed by atoms with Crippen LogP contribution in [0.3, 0.4) is 0 Å². The predicted molar refractivity (Wildman–Crippen MR) is 143 cm³/mol. The van der Waals surface area contributed by atoms with E-state index in [1.54, 1.807) is 24.3 Å². The Labute approximate surface area is 223 Å². The van der Waals surface area contributed by atoms with Gasteiger partial charge in [0.2, 0.25) is 11.8 Å². The first-order chi connectivity index (χ1) is 18.8. The third-order valence-corrected chi connectivity index (χ3v) is 8.21. The number of rotatable bonds is 7. The molecule has 4 atom stereocenters. The molecule has 0 aliphatic carbocycles. The molecule has 2 amide bonds. The molecular formula is C30H27N3O6. The van der Waals surface area contributed by atoms with E-state index >= 15 is 0 Å². The largest absolute Gasteiger partial charge is 0.481 e. The lowest BCUT2D eigenvalue weighted by molar-refractivity contribution is -0.156. The second kappa shape index (κ2) is 9.06. The fraction of sp³-hybridized carbons (Fsp3) is 0.267. The molecule has 9 nitrogen and oxygen atoms in total. The van der Waals surface area contributed by atoms with E-state index in [0.29, 0.717) is 5.56 Å². The van der Waals surface area contributed by atoms with Gasteiger partial charge in [0.1, 0.15) is 5.54 Å². The van der Waals surface area contributed by atoms with Crippen LogP contribution in [0.4, 0.5) is 0 Å². The number of aryl methyl sites for hydroxylation is 1. The van der Waals surface area contributed by atoms with Crippen LogP contribution in [0.1, 0.15) is 30.5 Å². The normalized spacial score (nSPS) is 24.5.